The molecular formula is C33H40N3O8P. The van der Waals surface area contributed by atoms with E-state index in [2.05, 4.69) is 15.2 Å². The van der Waals surface area contributed by atoms with Crippen molar-refractivity contribution in [2.24, 2.45) is 11.7 Å². The Morgan fingerprint density at radius 2 is 1.58 bits per heavy atom. The van der Waals surface area contributed by atoms with Crippen LogP contribution in [-0.4, -0.2) is 40.2 Å². The van der Waals surface area contributed by atoms with Gasteiger partial charge in [0.05, 0.1) is 18.2 Å². The van der Waals surface area contributed by atoms with Gasteiger partial charge in [0, 0.05) is 13.3 Å². The average Bonchev–Trinajstić information content (AvgIpc) is 3.00. The molecule has 1 fully saturated rings. The predicted molar refractivity (Wildman–Crippen MR) is 168 cm³/mol. The van der Waals surface area contributed by atoms with Crippen molar-refractivity contribution in [2.75, 3.05) is 6.61 Å². The van der Waals surface area contributed by atoms with Crippen LogP contribution < -0.4 is 25.6 Å². The van der Waals surface area contributed by atoms with Gasteiger partial charge >= 0.3 is 7.82 Å². The van der Waals surface area contributed by atoms with E-state index in [0.29, 0.717) is 35.8 Å². The minimum absolute atomic E-state index is 0.0352. The van der Waals surface area contributed by atoms with Crippen molar-refractivity contribution in [1.29, 1.82) is 0 Å². The second kappa shape index (κ2) is 15.7. The lowest BCUT2D eigenvalue weighted by atomic mass is 9.90. The lowest BCUT2D eigenvalue weighted by molar-refractivity contribution is -0.128. The minimum Gasteiger partial charge on any atom is -0.492 e. The molecule has 3 aromatic rings. The van der Waals surface area contributed by atoms with Crippen molar-refractivity contribution in [3.8, 4) is 11.5 Å². The smallest absolute Gasteiger partial charge is 0.492 e. The maximum absolute atomic E-state index is 13.7. The van der Waals surface area contributed by atoms with Gasteiger partial charge in [-0.2, -0.15) is 0 Å². The molecular weight excluding hydrogens is 597 g/mol. The molecule has 1 aliphatic carbocycles. The van der Waals surface area contributed by atoms with Gasteiger partial charge in [-0.05, 0) is 66.1 Å². The molecule has 0 aromatic heterocycles. The quantitative estimate of drug-likeness (QED) is 0.162. The molecule has 4 rings (SSSR count). The van der Waals surface area contributed by atoms with Crippen LogP contribution in [0, 0.1) is 5.92 Å². The van der Waals surface area contributed by atoms with E-state index >= 15 is 0 Å². The highest BCUT2D eigenvalue weighted by molar-refractivity contribution is 7.46. The number of phosphoric ester groups is 1. The lowest BCUT2D eigenvalue weighted by Crippen LogP contribution is -2.48. The summed E-state index contributed by atoms with van der Waals surface area (Å²) >= 11 is 0. The third-order valence-corrected chi connectivity index (χ3v) is 8.20. The van der Waals surface area contributed by atoms with Crippen LogP contribution in [0.25, 0.3) is 0 Å². The third kappa shape index (κ3) is 10.7. The first-order valence-electron chi connectivity index (χ1n) is 15.0. The fourth-order valence-electron chi connectivity index (χ4n) is 5.53. The summed E-state index contributed by atoms with van der Waals surface area (Å²) in [6.07, 6.45) is 6.26. The van der Waals surface area contributed by atoms with E-state index in [1.165, 1.54) is 38.3 Å². The number of nitrogens with two attached hydrogens (primary N) is 1. The van der Waals surface area contributed by atoms with Crippen LogP contribution in [0.3, 0.4) is 0 Å². The summed E-state index contributed by atoms with van der Waals surface area (Å²) in [7, 11) is -4.72. The second-order valence-electron chi connectivity index (χ2n) is 11.4. The molecule has 0 radical (unpaired) electrons. The Morgan fingerprint density at radius 1 is 0.911 bits per heavy atom. The van der Waals surface area contributed by atoms with Gasteiger partial charge in [0.2, 0.25) is 11.8 Å². The summed E-state index contributed by atoms with van der Waals surface area (Å²) in [4.78, 5) is 56.4. The maximum Gasteiger partial charge on any atom is 0.524 e. The molecule has 0 bridgehead atoms. The zero-order chi connectivity index (χ0) is 32.4. The Balaban J connectivity index is 1.56. The average molecular weight is 638 g/mol. The fraction of sp³-hybridized carbons (Fsp3) is 0.364. The molecule has 11 nitrogen and oxygen atoms in total. The highest BCUT2D eigenvalue weighted by atomic mass is 31.2. The van der Waals surface area contributed by atoms with Crippen LogP contribution in [0.15, 0.2) is 72.8 Å². The highest BCUT2D eigenvalue weighted by Gasteiger charge is 2.26. The van der Waals surface area contributed by atoms with E-state index in [4.69, 9.17) is 20.3 Å². The van der Waals surface area contributed by atoms with E-state index in [9.17, 15) is 18.9 Å². The van der Waals surface area contributed by atoms with Crippen molar-refractivity contribution in [1.82, 2.24) is 10.6 Å². The Kier molecular flexibility index (Phi) is 11.8. The number of benzene rings is 3. The number of hydrogen-bond acceptors (Lipinski definition) is 6. The Morgan fingerprint density at radius 3 is 2.20 bits per heavy atom. The van der Waals surface area contributed by atoms with Crippen molar-refractivity contribution < 1.29 is 38.0 Å². The zero-order valence-corrected chi connectivity index (χ0v) is 26.1. The number of carbonyl (C=O) groups is 3. The van der Waals surface area contributed by atoms with E-state index in [1.807, 2.05) is 36.4 Å². The number of nitrogens with one attached hydrogen (secondary N) is 2. The molecule has 2 atom stereocenters. The number of carbonyl (C=O) groups excluding carboxylic acids is 3. The SMILES string of the molecule is CC(=O)NC(Cc1ccc(OP(=O)(O)O)cc1)C(=O)NC(Cc1ccccc1)c1ccc(OCC2CCCCC2)c(C(N)=O)c1. The van der Waals surface area contributed by atoms with Gasteiger partial charge in [0.25, 0.3) is 5.91 Å². The zero-order valence-electron chi connectivity index (χ0n) is 25.2. The van der Waals surface area contributed by atoms with Gasteiger partial charge < -0.3 is 25.6 Å². The van der Waals surface area contributed by atoms with Gasteiger partial charge in [-0.25, -0.2) is 4.57 Å². The molecule has 0 aliphatic heterocycles. The third-order valence-electron chi connectivity index (χ3n) is 7.75. The summed E-state index contributed by atoms with van der Waals surface area (Å²) in [6.45, 7) is 1.82. The van der Waals surface area contributed by atoms with Gasteiger partial charge in [-0.3, -0.25) is 24.2 Å². The molecule has 0 heterocycles. The molecule has 0 spiro atoms. The highest BCUT2D eigenvalue weighted by Crippen LogP contribution is 2.37. The minimum atomic E-state index is -4.72. The topological polar surface area (TPSA) is 177 Å². The number of ether oxygens (including phenoxy) is 1. The standard InChI is InChI=1S/C33H40N3O8P/c1-22(37)35-30(19-24-12-15-27(16-13-24)44-45(40,41)42)33(39)36-29(18-23-8-4-2-5-9-23)26-14-17-31(28(20-26)32(34)38)43-21-25-10-6-3-7-11-25/h2,4-5,8-9,12-17,20,25,29-30H,3,6-7,10-11,18-19,21H2,1H3,(H2,34,38)(H,35,37)(H,36,39)(H2,40,41,42). The van der Waals surface area contributed by atoms with Crippen LogP contribution in [0.1, 0.15) is 72.1 Å². The van der Waals surface area contributed by atoms with Gasteiger partial charge in [0.1, 0.15) is 17.5 Å². The first-order chi connectivity index (χ1) is 21.5. The van der Waals surface area contributed by atoms with Crippen molar-refractivity contribution in [3.05, 3.63) is 95.1 Å². The van der Waals surface area contributed by atoms with Crippen molar-refractivity contribution >= 4 is 25.5 Å². The first kappa shape index (κ1) is 33.7. The molecule has 3 amide bonds. The lowest BCUT2D eigenvalue weighted by Gasteiger charge is -2.25. The second-order valence-corrected chi connectivity index (χ2v) is 12.5. The molecule has 2 unspecified atom stereocenters. The Bertz CT molecular complexity index is 1500. The molecule has 0 saturated heterocycles. The maximum atomic E-state index is 13.7. The summed E-state index contributed by atoms with van der Waals surface area (Å²) in [5, 5.41) is 5.73. The molecule has 3 aromatic carbocycles. The number of primary amides is 1. The Labute approximate surface area is 262 Å². The van der Waals surface area contributed by atoms with Crippen LogP contribution in [0.5, 0.6) is 11.5 Å². The molecule has 12 heteroatoms. The largest absolute Gasteiger partial charge is 0.524 e. The van der Waals surface area contributed by atoms with Gasteiger partial charge in [0.15, 0.2) is 0 Å². The van der Waals surface area contributed by atoms with E-state index in [-0.39, 0.29) is 17.7 Å². The summed E-state index contributed by atoms with van der Waals surface area (Å²) in [6, 6.07) is 19.0. The molecule has 1 saturated carbocycles. The number of amides is 3. The number of rotatable bonds is 14. The van der Waals surface area contributed by atoms with E-state index in [1.54, 1.807) is 24.3 Å². The van der Waals surface area contributed by atoms with Crippen LogP contribution >= 0.6 is 7.82 Å². The molecule has 6 N–H and O–H groups in total. The first-order valence-corrected chi connectivity index (χ1v) is 16.5. The van der Waals surface area contributed by atoms with Gasteiger partial charge in [-0.15, -0.1) is 0 Å². The predicted octanol–water partition coefficient (Wildman–Crippen LogP) is 4.36. The fourth-order valence-corrected chi connectivity index (χ4v) is 5.93. The van der Waals surface area contributed by atoms with Crippen molar-refractivity contribution in [3.63, 3.8) is 0 Å². The van der Waals surface area contributed by atoms with Crippen molar-refractivity contribution in [2.45, 2.75) is 64.0 Å². The van der Waals surface area contributed by atoms with Crippen LogP contribution in [-0.2, 0) is 27.0 Å². The Hall–Kier alpha value is -4.18. The number of hydrogen-bond donors (Lipinski definition) is 5. The molecule has 45 heavy (non-hydrogen) atoms. The monoisotopic (exact) mass is 637 g/mol. The summed E-state index contributed by atoms with van der Waals surface area (Å²) in [5.41, 5.74) is 8.21. The molecule has 240 valence electrons. The van der Waals surface area contributed by atoms with Crippen LogP contribution in [0.2, 0.25) is 0 Å². The van der Waals surface area contributed by atoms with Crippen LogP contribution in [0.4, 0.5) is 0 Å². The van der Waals surface area contributed by atoms with E-state index in [0.717, 1.165) is 18.4 Å². The molecule has 1 aliphatic rings. The van der Waals surface area contributed by atoms with Gasteiger partial charge in [-0.1, -0.05) is 67.8 Å². The summed E-state index contributed by atoms with van der Waals surface area (Å²) in [5.74, 6) is -0.699. The van der Waals surface area contributed by atoms with E-state index < -0.39 is 37.6 Å². The number of phosphoric acid groups is 1. The summed E-state index contributed by atoms with van der Waals surface area (Å²) < 4.78 is 21.8. The normalized spacial score (nSPS) is 15.0.